The summed E-state index contributed by atoms with van der Waals surface area (Å²) in [6.07, 6.45) is 4.14. The number of fused-ring (bicyclic) bond motifs is 1. The average Bonchev–Trinajstić information content (AvgIpc) is 2.93. The highest BCUT2D eigenvalue weighted by molar-refractivity contribution is 7.80. The first-order chi connectivity index (χ1) is 10.2. The zero-order valence-electron chi connectivity index (χ0n) is 12.4. The van der Waals surface area contributed by atoms with Gasteiger partial charge >= 0.3 is 0 Å². The topological polar surface area (TPSA) is 35.5 Å². The molecule has 1 atom stereocenters. The van der Waals surface area contributed by atoms with Gasteiger partial charge in [-0.25, -0.2) is 0 Å². The van der Waals surface area contributed by atoms with Crippen LogP contribution in [0.5, 0.6) is 5.75 Å². The highest BCUT2D eigenvalue weighted by Crippen LogP contribution is 2.33. The number of benzene rings is 1. The van der Waals surface area contributed by atoms with Crippen molar-refractivity contribution in [3.05, 3.63) is 35.4 Å². The molecule has 0 bridgehead atoms. The van der Waals surface area contributed by atoms with Crippen LogP contribution in [0.1, 0.15) is 24.5 Å². The third kappa shape index (κ3) is 3.77. The summed E-state index contributed by atoms with van der Waals surface area (Å²) in [7, 11) is 1.67. The Hall–Kier alpha value is -1.52. The molecule has 0 spiro atoms. The van der Waals surface area contributed by atoms with E-state index in [2.05, 4.69) is 6.07 Å². The van der Waals surface area contributed by atoms with E-state index in [9.17, 15) is 4.79 Å². The van der Waals surface area contributed by atoms with Crippen LogP contribution in [0.25, 0.3) is 5.57 Å². The van der Waals surface area contributed by atoms with Gasteiger partial charge in [-0.1, -0.05) is 18.3 Å². The van der Waals surface area contributed by atoms with E-state index in [1.807, 2.05) is 19.1 Å². The first kappa shape index (κ1) is 15.9. The molecule has 0 N–H and O–H groups in total. The maximum atomic E-state index is 11.0. The smallest absolute Gasteiger partial charge is 0.143 e. The fourth-order valence-electron chi connectivity index (χ4n) is 2.67. The van der Waals surface area contributed by atoms with Crippen LogP contribution in [0.15, 0.2) is 24.3 Å². The van der Waals surface area contributed by atoms with Crippen molar-refractivity contribution in [1.82, 2.24) is 0 Å². The number of thiocarbonyl (C=S) groups is 1. The number of ether oxygens (including phenoxy) is 2. The Morgan fingerprint density at radius 3 is 3.00 bits per heavy atom. The average molecular weight is 304 g/mol. The molecule has 2 rings (SSSR count). The van der Waals surface area contributed by atoms with Gasteiger partial charge in [0.25, 0.3) is 0 Å². The minimum absolute atomic E-state index is 0.0468. The van der Waals surface area contributed by atoms with Gasteiger partial charge in [-0.2, -0.15) is 0 Å². The summed E-state index contributed by atoms with van der Waals surface area (Å²) < 4.78 is 10.7. The Morgan fingerprint density at radius 2 is 2.33 bits per heavy atom. The zero-order valence-corrected chi connectivity index (χ0v) is 13.2. The maximum Gasteiger partial charge on any atom is 0.143 e. The van der Waals surface area contributed by atoms with Crippen molar-refractivity contribution < 1.29 is 14.3 Å². The van der Waals surface area contributed by atoms with Crippen LogP contribution in [0, 0.1) is 5.92 Å². The van der Waals surface area contributed by atoms with E-state index in [4.69, 9.17) is 21.7 Å². The molecule has 0 saturated heterocycles. The summed E-state index contributed by atoms with van der Waals surface area (Å²) in [5.74, 6) is 0.988. The summed E-state index contributed by atoms with van der Waals surface area (Å²) in [6.45, 7) is 3.26. The summed E-state index contributed by atoms with van der Waals surface area (Å²) in [5, 5.41) is 0. The standard InChI is InChI=1S/C17H20O3S/c1-12(21)15(7-9-19-2)16(5-8-18)13-3-4-17-14(11-13)6-10-20-17/h3-5,8,11,15H,6-7,9-10H2,1-2H3/b16-5-. The molecule has 0 saturated carbocycles. The van der Waals surface area contributed by atoms with Crippen LogP contribution in [0.2, 0.25) is 0 Å². The van der Waals surface area contributed by atoms with Crippen molar-refractivity contribution >= 4 is 28.9 Å². The molecule has 0 fully saturated rings. The monoisotopic (exact) mass is 304 g/mol. The Balaban J connectivity index is 2.35. The molecule has 4 heteroatoms. The molecule has 0 aromatic heterocycles. The summed E-state index contributed by atoms with van der Waals surface area (Å²) >= 11 is 5.38. The summed E-state index contributed by atoms with van der Waals surface area (Å²) in [6, 6.07) is 6.08. The minimum Gasteiger partial charge on any atom is -0.493 e. The summed E-state index contributed by atoms with van der Waals surface area (Å²) in [4.78, 5) is 11.9. The quantitative estimate of drug-likeness (QED) is 0.440. The molecule has 0 aliphatic carbocycles. The zero-order chi connectivity index (χ0) is 15.2. The second kappa shape index (κ2) is 7.48. The molecule has 1 heterocycles. The Morgan fingerprint density at radius 1 is 1.52 bits per heavy atom. The van der Waals surface area contributed by atoms with Crippen molar-refractivity contribution in [2.24, 2.45) is 5.92 Å². The van der Waals surface area contributed by atoms with Crippen molar-refractivity contribution in [2.75, 3.05) is 20.3 Å². The van der Waals surface area contributed by atoms with Crippen LogP contribution in [0.3, 0.4) is 0 Å². The van der Waals surface area contributed by atoms with Crippen LogP contribution in [0.4, 0.5) is 0 Å². The Labute approximate surface area is 130 Å². The van der Waals surface area contributed by atoms with Crippen molar-refractivity contribution in [2.45, 2.75) is 19.8 Å². The van der Waals surface area contributed by atoms with Crippen LogP contribution in [-0.4, -0.2) is 31.5 Å². The van der Waals surface area contributed by atoms with E-state index in [-0.39, 0.29) is 5.92 Å². The lowest BCUT2D eigenvalue weighted by Crippen LogP contribution is -2.14. The lowest BCUT2D eigenvalue weighted by atomic mass is 9.87. The number of hydrogen-bond acceptors (Lipinski definition) is 4. The molecule has 1 unspecified atom stereocenters. The van der Waals surface area contributed by atoms with E-state index >= 15 is 0 Å². The highest BCUT2D eigenvalue weighted by Gasteiger charge is 2.20. The van der Waals surface area contributed by atoms with Crippen molar-refractivity contribution in [3.63, 3.8) is 0 Å². The third-order valence-electron chi connectivity index (χ3n) is 3.75. The van der Waals surface area contributed by atoms with Crippen molar-refractivity contribution in [3.8, 4) is 5.75 Å². The van der Waals surface area contributed by atoms with E-state index in [0.717, 1.165) is 47.5 Å². The van der Waals surface area contributed by atoms with Gasteiger partial charge in [0.2, 0.25) is 0 Å². The second-order valence-corrected chi connectivity index (χ2v) is 5.77. The number of aldehydes is 1. The van der Waals surface area contributed by atoms with Gasteiger partial charge in [0.1, 0.15) is 12.0 Å². The molecule has 1 aliphatic heterocycles. The normalized spacial score (nSPS) is 15.2. The van der Waals surface area contributed by atoms with E-state index in [1.54, 1.807) is 13.2 Å². The van der Waals surface area contributed by atoms with Crippen LogP contribution < -0.4 is 4.74 Å². The number of hydrogen-bond donors (Lipinski definition) is 0. The molecule has 21 heavy (non-hydrogen) atoms. The van der Waals surface area contributed by atoms with Gasteiger partial charge in [-0.05, 0) is 53.1 Å². The van der Waals surface area contributed by atoms with Gasteiger partial charge in [-0.3, -0.25) is 4.79 Å². The van der Waals surface area contributed by atoms with Gasteiger partial charge in [0.15, 0.2) is 0 Å². The molecule has 1 aromatic rings. The van der Waals surface area contributed by atoms with Crippen LogP contribution >= 0.6 is 12.2 Å². The first-order valence-corrected chi connectivity index (χ1v) is 7.49. The minimum atomic E-state index is 0.0468. The van der Waals surface area contributed by atoms with Gasteiger partial charge in [-0.15, -0.1) is 0 Å². The number of allylic oxidation sites excluding steroid dienone is 2. The lowest BCUT2D eigenvalue weighted by Gasteiger charge is -2.20. The van der Waals surface area contributed by atoms with Crippen molar-refractivity contribution in [1.29, 1.82) is 0 Å². The second-order valence-electron chi connectivity index (χ2n) is 5.12. The largest absolute Gasteiger partial charge is 0.493 e. The molecular formula is C17H20O3S. The Kier molecular flexibility index (Phi) is 5.65. The third-order valence-corrected chi connectivity index (χ3v) is 4.03. The number of carbonyl (C=O) groups is 1. The maximum absolute atomic E-state index is 11.0. The molecule has 3 nitrogen and oxygen atoms in total. The van der Waals surface area contributed by atoms with Gasteiger partial charge < -0.3 is 9.47 Å². The molecular weight excluding hydrogens is 284 g/mol. The lowest BCUT2D eigenvalue weighted by molar-refractivity contribution is -0.104. The first-order valence-electron chi connectivity index (χ1n) is 7.08. The van der Waals surface area contributed by atoms with Gasteiger partial charge in [0.05, 0.1) is 6.61 Å². The van der Waals surface area contributed by atoms with E-state index in [0.29, 0.717) is 6.61 Å². The number of rotatable bonds is 7. The predicted molar refractivity (Wildman–Crippen MR) is 87.9 cm³/mol. The molecule has 0 amide bonds. The van der Waals surface area contributed by atoms with Gasteiger partial charge in [0, 0.05) is 26.1 Å². The molecule has 0 radical (unpaired) electrons. The fourth-order valence-corrected chi connectivity index (χ4v) is 2.91. The fraction of sp³-hybridized carbons (Fsp3) is 0.412. The predicted octanol–water partition coefficient (Wildman–Crippen LogP) is 3.25. The van der Waals surface area contributed by atoms with E-state index in [1.165, 1.54) is 5.56 Å². The van der Waals surface area contributed by atoms with E-state index < -0.39 is 0 Å². The Bertz CT molecular complexity index is 563. The highest BCUT2D eigenvalue weighted by atomic mass is 32.1. The SMILES string of the molecule is COCCC(C(C)=S)/C(=C\C=O)c1ccc2c(c1)CCO2. The molecule has 1 aromatic carbocycles. The number of carbonyl (C=O) groups excluding carboxylic acids is 1. The number of methoxy groups -OCH3 is 1. The molecule has 112 valence electrons. The molecule has 1 aliphatic rings. The summed E-state index contributed by atoms with van der Waals surface area (Å²) in [5.41, 5.74) is 3.19. The van der Waals surface area contributed by atoms with Crippen LogP contribution in [-0.2, 0) is 16.0 Å².